The summed E-state index contributed by atoms with van der Waals surface area (Å²) in [5, 5.41) is 38.5. The third-order valence-corrected chi connectivity index (χ3v) is 12.3. The summed E-state index contributed by atoms with van der Waals surface area (Å²) in [7, 11) is 0. The monoisotopic (exact) mass is 749 g/mol. The zero-order valence-electron chi connectivity index (χ0n) is 28.6. The molecule has 2 aliphatic heterocycles. The lowest BCUT2D eigenvalue weighted by Crippen LogP contribution is -2.58. The van der Waals surface area contributed by atoms with Crippen molar-refractivity contribution in [3.05, 3.63) is 62.4 Å². The number of carbonyl (C=O) groups excluding carboxylic acids is 3. The van der Waals surface area contributed by atoms with Crippen LogP contribution in [0.3, 0.4) is 0 Å². The predicted molar refractivity (Wildman–Crippen MR) is 195 cm³/mol. The number of aromatic nitrogens is 2. The summed E-state index contributed by atoms with van der Waals surface area (Å²) in [5.74, 6) is -3.01. The Balaban J connectivity index is 1.24. The molecule has 3 aromatic rings. The van der Waals surface area contributed by atoms with Crippen LogP contribution in [0, 0.1) is 5.92 Å². The molecule has 4 aliphatic rings. The van der Waals surface area contributed by atoms with Gasteiger partial charge in [-0.1, -0.05) is 25.0 Å². The number of carboxylic acid groups (broad SMARTS) is 1. The summed E-state index contributed by atoms with van der Waals surface area (Å²) in [6, 6.07) is 0.926. The highest BCUT2D eigenvalue weighted by atomic mass is 32.1. The number of aliphatic hydroxyl groups is 1. The van der Waals surface area contributed by atoms with Gasteiger partial charge in [-0.3, -0.25) is 14.4 Å². The zero-order valence-corrected chi connectivity index (χ0v) is 30.3. The van der Waals surface area contributed by atoms with Crippen LogP contribution in [0.25, 0.3) is 22.3 Å². The zero-order chi connectivity index (χ0) is 36.4. The summed E-state index contributed by atoms with van der Waals surface area (Å²) < 4.78 is 6.98. The largest absolute Gasteiger partial charge is 0.479 e. The average Bonchev–Trinajstić information content (AvgIpc) is 3.81. The van der Waals surface area contributed by atoms with Crippen LogP contribution < -0.4 is 16.2 Å². The number of thiophene rings is 2. The van der Waals surface area contributed by atoms with Crippen molar-refractivity contribution in [2.24, 2.45) is 5.92 Å². The highest BCUT2D eigenvalue weighted by Gasteiger charge is 2.62. The van der Waals surface area contributed by atoms with Crippen molar-refractivity contribution in [2.75, 3.05) is 6.54 Å². The van der Waals surface area contributed by atoms with Crippen molar-refractivity contribution in [3.8, 4) is 22.3 Å². The minimum Gasteiger partial charge on any atom is -0.479 e. The van der Waals surface area contributed by atoms with E-state index >= 15 is 0 Å². The molecule has 1 saturated heterocycles. The number of hydrogen-bond donors (Lipinski definition) is 4. The van der Waals surface area contributed by atoms with Gasteiger partial charge in [0.1, 0.15) is 18.2 Å². The van der Waals surface area contributed by atoms with Crippen LogP contribution in [0.2, 0.25) is 0 Å². The van der Waals surface area contributed by atoms with Crippen LogP contribution in [0.5, 0.6) is 0 Å². The maximum absolute atomic E-state index is 14.5. The molecule has 0 aromatic carbocycles. The molecular weight excluding hydrogens is 707 g/mol. The Morgan fingerprint density at radius 1 is 1.02 bits per heavy atom. The minimum absolute atomic E-state index is 0.00431. The van der Waals surface area contributed by atoms with Gasteiger partial charge in [0, 0.05) is 24.4 Å². The van der Waals surface area contributed by atoms with Crippen molar-refractivity contribution in [1.29, 1.82) is 0 Å². The normalized spacial score (nSPS) is 27.5. The molecule has 3 fully saturated rings. The molecule has 0 bridgehead atoms. The number of allylic oxidation sites excluding steroid dienone is 1. The van der Waals surface area contributed by atoms with Crippen LogP contribution >= 0.6 is 22.7 Å². The molecule has 0 radical (unpaired) electrons. The summed E-state index contributed by atoms with van der Waals surface area (Å²) in [5.41, 5.74) is 0.896. The number of amides is 3. The highest BCUT2D eigenvalue weighted by molar-refractivity contribution is 7.08. The number of carbonyl (C=O) groups is 4. The molecule has 1 unspecified atom stereocenters. The smallest absolute Gasteiger partial charge is 0.408 e. The lowest BCUT2D eigenvalue weighted by atomic mass is 10.0. The third kappa shape index (κ3) is 7.30. The second kappa shape index (κ2) is 15.3. The van der Waals surface area contributed by atoms with E-state index in [1.54, 1.807) is 6.20 Å². The van der Waals surface area contributed by atoms with Crippen LogP contribution in [0.1, 0.15) is 76.7 Å². The number of rotatable bonds is 7. The van der Waals surface area contributed by atoms with Crippen molar-refractivity contribution in [2.45, 2.75) is 107 Å². The van der Waals surface area contributed by atoms with Crippen molar-refractivity contribution in [1.82, 2.24) is 25.3 Å². The van der Waals surface area contributed by atoms with Gasteiger partial charge in [-0.25, -0.2) is 14.3 Å². The Labute approximate surface area is 308 Å². The van der Waals surface area contributed by atoms with E-state index in [1.807, 2.05) is 45.8 Å². The van der Waals surface area contributed by atoms with E-state index in [0.29, 0.717) is 30.4 Å². The van der Waals surface area contributed by atoms with Crippen molar-refractivity contribution < 1.29 is 34.1 Å². The molecule has 2 saturated carbocycles. The molecule has 6 atom stereocenters. The molecule has 0 spiro atoms. The topological polar surface area (TPSA) is 180 Å². The number of fused-ring (bicyclic) bond motifs is 2. The third-order valence-electron chi connectivity index (χ3n) is 10.9. The number of aliphatic hydroxyl groups excluding tert-OH is 1. The maximum atomic E-state index is 14.5. The fraction of sp³-hybridized carbons (Fsp3) is 0.514. The first-order chi connectivity index (χ1) is 25.2. The van der Waals surface area contributed by atoms with Crippen LogP contribution in [0.15, 0.2) is 56.8 Å². The molecule has 52 heavy (non-hydrogen) atoms. The van der Waals surface area contributed by atoms with Crippen LogP contribution in [0.4, 0.5) is 4.79 Å². The first kappa shape index (κ1) is 36.0. The van der Waals surface area contributed by atoms with E-state index in [0.717, 1.165) is 49.7 Å². The van der Waals surface area contributed by atoms with Crippen molar-refractivity contribution >= 4 is 46.6 Å². The summed E-state index contributed by atoms with van der Waals surface area (Å²) >= 11 is 2.96. The van der Waals surface area contributed by atoms with Gasteiger partial charge >= 0.3 is 12.1 Å². The Morgan fingerprint density at radius 3 is 2.46 bits per heavy atom. The molecule has 13 nitrogen and oxygen atoms in total. The van der Waals surface area contributed by atoms with E-state index in [9.17, 15) is 34.2 Å². The van der Waals surface area contributed by atoms with Gasteiger partial charge in [-0.05, 0) is 96.1 Å². The summed E-state index contributed by atoms with van der Waals surface area (Å²) in [4.78, 5) is 69.7. The molecule has 3 aromatic heterocycles. The quantitative estimate of drug-likeness (QED) is 0.249. The molecule has 276 valence electrons. The van der Waals surface area contributed by atoms with Crippen molar-refractivity contribution in [3.63, 3.8) is 0 Å². The molecular formula is C37H43N5O8S2. The van der Waals surface area contributed by atoms with Gasteiger partial charge in [0.25, 0.3) is 5.56 Å². The van der Waals surface area contributed by atoms with E-state index < -0.39 is 59.6 Å². The lowest BCUT2D eigenvalue weighted by molar-refractivity contribution is -0.150. The van der Waals surface area contributed by atoms with Crippen LogP contribution in [-0.4, -0.2) is 85.1 Å². The van der Waals surface area contributed by atoms with E-state index in [1.165, 1.54) is 32.3 Å². The second-order valence-electron chi connectivity index (χ2n) is 14.3. The number of ether oxygens (including phenoxy) is 1. The van der Waals surface area contributed by atoms with Gasteiger partial charge in [-0.2, -0.15) is 27.8 Å². The number of aliphatic carboxylic acids is 1. The molecule has 3 amide bonds. The maximum Gasteiger partial charge on any atom is 0.408 e. The molecule has 4 N–H and O–H groups in total. The number of carboxylic acids is 1. The van der Waals surface area contributed by atoms with E-state index in [-0.39, 0.29) is 31.0 Å². The summed E-state index contributed by atoms with van der Waals surface area (Å²) in [6.45, 7) is -0.0572. The van der Waals surface area contributed by atoms with E-state index in [2.05, 4.69) is 15.7 Å². The Hall–Kier alpha value is -4.34. The predicted octanol–water partition coefficient (Wildman–Crippen LogP) is 4.72. The first-order valence-corrected chi connectivity index (χ1v) is 19.9. The second-order valence-corrected chi connectivity index (χ2v) is 15.8. The van der Waals surface area contributed by atoms with Gasteiger partial charge in [0.15, 0.2) is 6.10 Å². The van der Waals surface area contributed by atoms with Gasteiger partial charge in [0.2, 0.25) is 11.8 Å². The summed E-state index contributed by atoms with van der Waals surface area (Å²) in [6.07, 6.45) is 9.56. The minimum atomic E-state index is -1.87. The van der Waals surface area contributed by atoms with Gasteiger partial charge < -0.3 is 30.5 Å². The standard InChI is InChI=1S/C37H43N5O8S2/c43-31(35(47)48)37-17-24(37)8-4-2-1-3-5-11-28(39-36(49)50-26-9-6-7-10-26)33(45)41-19-25(16-29(41)32(44)40-37)42-34(46)30(23-13-15-52-21-23)27(18-38-42)22-12-14-51-20-22/h4,8,12-15,18,20-21,24-26,28-29,31,43H,1-3,5-7,9-11,16-17,19H2,(H,39,49)(H,40,44)(H,47,48)/t24-,25-,28+,29+,31?,37-/m1/s1. The van der Waals surface area contributed by atoms with Gasteiger partial charge in [-0.15, -0.1) is 0 Å². The SMILES string of the molecule is O=C(N[C@H]1CCCCCC=C[C@@H]2C[C@@]2(C(O)C(=O)O)NC(=O)[C@@H]2C[C@@H](n3ncc(-c4ccsc4)c(-c4ccsc4)c3=O)CN2C1=O)OC1CCCC1. The highest BCUT2D eigenvalue weighted by Crippen LogP contribution is 2.48. The first-order valence-electron chi connectivity index (χ1n) is 18.0. The van der Waals surface area contributed by atoms with E-state index in [4.69, 9.17) is 4.74 Å². The fourth-order valence-corrected chi connectivity index (χ4v) is 9.28. The van der Waals surface area contributed by atoms with Gasteiger partial charge in [0.05, 0.1) is 23.3 Å². The van der Waals surface area contributed by atoms with Crippen LogP contribution in [-0.2, 0) is 19.1 Å². The molecule has 5 heterocycles. The Morgan fingerprint density at radius 2 is 1.75 bits per heavy atom. The number of nitrogens with one attached hydrogen (secondary N) is 2. The molecule has 15 heteroatoms. The number of nitrogens with zero attached hydrogens (tertiary/aromatic N) is 3. The molecule has 7 rings (SSSR count). The Bertz CT molecular complexity index is 1870. The molecule has 2 aliphatic carbocycles. The number of hydrogen-bond acceptors (Lipinski definition) is 10. The number of alkyl carbamates (subject to hydrolysis) is 1. The average molecular weight is 750 g/mol. The fourth-order valence-electron chi connectivity index (χ4n) is 7.98. The Kier molecular flexibility index (Phi) is 10.6. The lowest BCUT2D eigenvalue weighted by Gasteiger charge is -2.30.